The molecule has 1 aromatic carbocycles. The number of rotatable bonds is 4. The van der Waals surface area contributed by atoms with Crippen LogP contribution in [0.15, 0.2) is 30.3 Å². The Hall–Kier alpha value is -1.27. The van der Waals surface area contributed by atoms with Crippen LogP contribution in [0.4, 0.5) is 0 Å². The Morgan fingerprint density at radius 1 is 0.857 bits per heavy atom. The highest BCUT2D eigenvalue weighted by Gasteiger charge is 2.34. The Morgan fingerprint density at radius 3 is 1.81 bits per heavy atom. The van der Waals surface area contributed by atoms with Crippen LogP contribution in [0.2, 0.25) is 0 Å². The van der Waals surface area contributed by atoms with E-state index in [9.17, 15) is 4.79 Å². The Labute approximate surface area is 125 Å². The molecule has 1 aromatic rings. The number of hydrogen-bond acceptors (Lipinski definition) is 5. The fourth-order valence-corrected chi connectivity index (χ4v) is 2.96. The van der Waals surface area contributed by atoms with Crippen molar-refractivity contribution in [2.75, 3.05) is 52.6 Å². The predicted molar refractivity (Wildman–Crippen MR) is 79.3 cm³/mol. The first kappa shape index (κ1) is 14.7. The molecule has 0 radical (unpaired) electrons. The molecule has 2 heterocycles. The summed E-state index contributed by atoms with van der Waals surface area (Å²) in [4.78, 5) is 17.5. The van der Waals surface area contributed by atoms with Gasteiger partial charge in [-0.25, -0.2) is 0 Å². The van der Waals surface area contributed by atoms with Crippen molar-refractivity contribution in [1.29, 1.82) is 0 Å². The van der Waals surface area contributed by atoms with Crippen molar-refractivity contribution in [3.63, 3.8) is 0 Å². The normalized spacial score (nSPS) is 21.6. The van der Waals surface area contributed by atoms with E-state index in [4.69, 9.17) is 9.47 Å². The number of hydrogen-bond donors (Lipinski definition) is 0. The van der Waals surface area contributed by atoms with Gasteiger partial charge in [-0.1, -0.05) is 30.3 Å². The summed E-state index contributed by atoms with van der Waals surface area (Å²) in [5.74, 6) is 0.180. The number of ketones is 1. The van der Waals surface area contributed by atoms with Gasteiger partial charge in [-0.2, -0.15) is 0 Å². The lowest BCUT2D eigenvalue weighted by Gasteiger charge is -2.41. The molecule has 0 amide bonds. The monoisotopic (exact) mass is 290 g/mol. The third-order valence-electron chi connectivity index (χ3n) is 4.08. The van der Waals surface area contributed by atoms with E-state index in [1.807, 2.05) is 30.3 Å². The van der Waals surface area contributed by atoms with Gasteiger partial charge in [0.15, 0.2) is 5.78 Å². The quantitative estimate of drug-likeness (QED) is 0.769. The summed E-state index contributed by atoms with van der Waals surface area (Å²) in [6.07, 6.45) is -0.194. The van der Waals surface area contributed by atoms with Crippen molar-refractivity contribution in [3.8, 4) is 0 Å². The summed E-state index contributed by atoms with van der Waals surface area (Å²) in [7, 11) is 0. The smallest absolute Gasteiger partial charge is 0.194 e. The first-order valence-corrected chi connectivity index (χ1v) is 7.59. The van der Waals surface area contributed by atoms with Crippen molar-refractivity contribution in [2.45, 2.75) is 6.17 Å². The van der Waals surface area contributed by atoms with Crippen LogP contribution >= 0.6 is 0 Å². The van der Waals surface area contributed by atoms with Crippen LogP contribution in [0.5, 0.6) is 0 Å². The van der Waals surface area contributed by atoms with E-state index in [0.717, 1.165) is 31.7 Å². The van der Waals surface area contributed by atoms with Gasteiger partial charge in [0.05, 0.1) is 26.4 Å². The highest BCUT2D eigenvalue weighted by atomic mass is 16.5. The third-order valence-corrected chi connectivity index (χ3v) is 4.08. The summed E-state index contributed by atoms with van der Waals surface area (Å²) in [6, 6.07) is 9.58. The van der Waals surface area contributed by atoms with Crippen LogP contribution < -0.4 is 0 Å². The van der Waals surface area contributed by atoms with E-state index in [-0.39, 0.29) is 11.9 Å². The summed E-state index contributed by atoms with van der Waals surface area (Å²) in [5, 5.41) is 0. The average molecular weight is 290 g/mol. The SMILES string of the molecule is O=C(c1ccccc1)C(N1CCOCC1)N1CCOCC1. The van der Waals surface area contributed by atoms with Gasteiger partial charge in [0.1, 0.15) is 6.17 Å². The van der Waals surface area contributed by atoms with Crippen molar-refractivity contribution < 1.29 is 14.3 Å². The minimum Gasteiger partial charge on any atom is -0.379 e. The minimum atomic E-state index is -0.194. The summed E-state index contributed by atoms with van der Waals surface area (Å²) in [5.41, 5.74) is 0.778. The van der Waals surface area contributed by atoms with Gasteiger partial charge in [-0.15, -0.1) is 0 Å². The molecule has 2 saturated heterocycles. The molecule has 0 N–H and O–H groups in total. The van der Waals surface area contributed by atoms with Crippen molar-refractivity contribution in [1.82, 2.24) is 9.80 Å². The molecule has 114 valence electrons. The van der Waals surface area contributed by atoms with E-state index in [2.05, 4.69) is 9.80 Å². The first-order chi connectivity index (χ1) is 10.4. The van der Waals surface area contributed by atoms with Gasteiger partial charge in [0, 0.05) is 31.7 Å². The molecule has 0 atom stereocenters. The molecule has 0 saturated carbocycles. The molecule has 5 nitrogen and oxygen atoms in total. The lowest BCUT2D eigenvalue weighted by Crippen LogP contribution is -2.58. The van der Waals surface area contributed by atoms with E-state index in [1.165, 1.54) is 0 Å². The molecular formula is C16H22N2O3. The molecular weight excluding hydrogens is 268 g/mol. The second-order valence-electron chi connectivity index (χ2n) is 5.40. The number of ether oxygens (including phenoxy) is 2. The highest BCUT2D eigenvalue weighted by Crippen LogP contribution is 2.16. The zero-order chi connectivity index (χ0) is 14.5. The molecule has 0 aliphatic carbocycles. The molecule has 5 heteroatoms. The second kappa shape index (κ2) is 7.13. The fraction of sp³-hybridized carbons (Fsp3) is 0.562. The van der Waals surface area contributed by atoms with Gasteiger partial charge >= 0.3 is 0 Å². The van der Waals surface area contributed by atoms with E-state index >= 15 is 0 Å². The number of benzene rings is 1. The Balaban J connectivity index is 1.81. The Morgan fingerprint density at radius 2 is 1.33 bits per heavy atom. The number of carbonyl (C=O) groups is 1. The largest absolute Gasteiger partial charge is 0.379 e. The lowest BCUT2D eigenvalue weighted by molar-refractivity contribution is -0.0537. The van der Waals surface area contributed by atoms with Crippen LogP contribution in [0.25, 0.3) is 0 Å². The number of morpholine rings is 2. The number of Topliss-reactive ketones (excluding diaryl/α,β-unsaturated/α-hetero) is 1. The van der Waals surface area contributed by atoms with E-state index < -0.39 is 0 Å². The standard InChI is InChI=1S/C16H22N2O3/c19-15(14-4-2-1-3-5-14)16(17-6-10-20-11-7-17)18-8-12-21-13-9-18/h1-5,16H,6-13H2. The Kier molecular flexibility index (Phi) is 4.98. The number of nitrogens with zero attached hydrogens (tertiary/aromatic N) is 2. The molecule has 0 spiro atoms. The second-order valence-corrected chi connectivity index (χ2v) is 5.40. The molecule has 2 aliphatic heterocycles. The summed E-state index contributed by atoms with van der Waals surface area (Å²) < 4.78 is 10.9. The van der Waals surface area contributed by atoms with Gasteiger partial charge in [-0.05, 0) is 0 Å². The van der Waals surface area contributed by atoms with Crippen molar-refractivity contribution in [3.05, 3.63) is 35.9 Å². The maximum atomic E-state index is 13.0. The molecule has 21 heavy (non-hydrogen) atoms. The van der Waals surface area contributed by atoms with Crippen LogP contribution in [-0.2, 0) is 9.47 Å². The summed E-state index contributed by atoms with van der Waals surface area (Å²) >= 11 is 0. The van der Waals surface area contributed by atoms with Gasteiger partial charge in [0.25, 0.3) is 0 Å². The maximum absolute atomic E-state index is 13.0. The van der Waals surface area contributed by atoms with Crippen molar-refractivity contribution in [2.24, 2.45) is 0 Å². The van der Waals surface area contributed by atoms with Crippen LogP contribution in [0.1, 0.15) is 10.4 Å². The molecule has 3 rings (SSSR count). The van der Waals surface area contributed by atoms with Crippen LogP contribution in [0.3, 0.4) is 0 Å². The van der Waals surface area contributed by atoms with E-state index in [1.54, 1.807) is 0 Å². The fourth-order valence-electron chi connectivity index (χ4n) is 2.96. The van der Waals surface area contributed by atoms with Gasteiger partial charge in [0.2, 0.25) is 0 Å². The molecule has 0 aromatic heterocycles. The number of carbonyl (C=O) groups excluding carboxylic acids is 1. The maximum Gasteiger partial charge on any atom is 0.194 e. The zero-order valence-corrected chi connectivity index (χ0v) is 12.2. The first-order valence-electron chi connectivity index (χ1n) is 7.59. The molecule has 2 fully saturated rings. The van der Waals surface area contributed by atoms with Crippen LogP contribution in [-0.4, -0.2) is 74.4 Å². The van der Waals surface area contributed by atoms with Gasteiger partial charge in [-0.3, -0.25) is 14.6 Å². The topological polar surface area (TPSA) is 42.0 Å². The summed E-state index contributed by atoms with van der Waals surface area (Å²) in [6.45, 7) is 6.01. The predicted octanol–water partition coefficient (Wildman–Crippen LogP) is 0.860. The third kappa shape index (κ3) is 3.49. The molecule has 2 aliphatic rings. The average Bonchev–Trinajstić information content (AvgIpc) is 2.58. The van der Waals surface area contributed by atoms with Gasteiger partial charge < -0.3 is 9.47 Å². The zero-order valence-electron chi connectivity index (χ0n) is 12.2. The van der Waals surface area contributed by atoms with Crippen molar-refractivity contribution >= 4 is 5.78 Å². The lowest BCUT2D eigenvalue weighted by atomic mass is 10.1. The minimum absolute atomic E-state index is 0.180. The van der Waals surface area contributed by atoms with E-state index in [0.29, 0.717) is 26.4 Å². The molecule has 0 bridgehead atoms. The van der Waals surface area contributed by atoms with Crippen LogP contribution in [0, 0.1) is 0 Å². The molecule has 0 unspecified atom stereocenters. The Bertz CT molecular complexity index is 436. The highest BCUT2D eigenvalue weighted by molar-refractivity contribution is 5.99.